The van der Waals surface area contributed by atoms with Gasteiger partial charge in [-0.05, 0) is 0 Å². The Bertz CT molecular complexity index is 8.04. The van der Waals surface area contributed by atoms with E-state index < -0.39 is 0 Å². The zero-order chi connectivity index (χ0) is 2.71. The minimum atomic E-state index is 0. The molecule has 0 aromatic carbocycles. The van der Waals surface area contributed by atoms with Crippen molar-refractivity contribution in [3.8, 4) is 0 Å². The second-order valence-electron chi connectivity index (χ2n) is 0.577. The minimum absolute atomic E-state index is 0. The molecule has 0 aliphatic carbocycles. The molecular weight excluding hydrogens is 333 g/mol. The van der Waals surface area contributed by atoms with Crippen molar-refractivity contribution < 1.29 is 53.8 Å². The molecule has 1 radical (unpaired) electrons. The van der Waals surface area contributed by atoms with Gasteiger partial charge in [0.1, 0.15) is 0 Å². The average molecular weight is 346 g/mol. The molecule has 0 atom stereocenters. The summed E-state index contributed by atoms with van der Waals surface area (Å²) in [5.74, 6) is 0. The summed E-state index contributed by atoms with van der Waals surface area (Å²) < 4.78 is 0. The van der Waals surface area contributed by atoms with Gasteiger partial charge < -0.3 is 21.3 Å². The van der Waals surface area contributed by atoms with Crippen LogP contribution in [0.3, 0.4) is 0 Å². The minimum Gasteiger partial charge on any atom is -0.358 e. The van der Waals surface area contributed by atoms with Crippen molar-refractivity contribution in [2.75, 3.05) is 0 Å². The summed E-state index contributed by atoms with van der Waals surface area (Å²) in [5, 5.41) is 0. The zero-order valence-electron chi connectivity index (χ0n) is 5.56. The Hall–Kier alpha value is 1.79. The van der Waals surface area contributed by atoms with Crippen LogP contribution < -0.4 is 0 Å². The first kappa shape index (κ1) is 37.1. The number of rotatable bonds is 0. The van der Waals surface area contributed by atoms with E-state index in [4.69, 9.17) is 0 Å². The van der Waals surface area contributed by atoms with Gasteiger partial charge >= 0.3 is 21.1 Å². The van der Waals surface area contributed by atoms with Crippen LogP contribution in [0.4, 0.5) is 0 Å². The maximum absolute atomic E-state index is 2.00. The summed E-state index contributed by atoms with van der Waals surface area (Å²) in [6, 6.07) is 0. The molecule has 0 bridgehead atoms. The smallest absolute Gasteiger partial charge is 0.358 e. The molecule has 0 amide bonds. The van der Waals surface area contributed by atoms with Gasteiger partial charge in [0, 0.05) is 32.7 Å². The fourth-order valence-electron chi connectivity index (χ4n) is 0. The maximum Gasteiger partial charge on any atom is 2.00 e. The summed E-state index contributed by atoms with van der Waals surface area (Å²) >= 11 is 0. The first-order valence-electron chi connectivity index (χ1n) is 1.15. The first-order valence-corrected chi connectivity index (χ1v) is 1.15. The Labute approximate surface area is 88.0 Å². The molecule has 2 heteroatoms. The first-order chi connectivity index (χ1) is 1.41. The second-order valence-corrected chi connectivity index (χ2v) is 0.577. The van der Waals surface area contributed by atoms with Gasteiger partial charge in [-0.2, -0.15) is 13.8 Å². The van der Waals surface area contributed by atoms with Gasteiger partial charge in [-0.3, -0.25) is 0 Å². The van der Waals surface area contributed by atoms with E-state index in [1.807, 2.05) is 20.3 Å². The van der Waals surface area contributed by atoms with Crippen LogP contribution in [0.25, 0.3) is 0 Å². The molecular formula is C5H13WY-. The normalized spacial score (nSPS) is 2.57. The monoisotopic (exact) mass is 346 g/mol. The molecule has 0 unspecified atom stereocenters. The van der Waals surface area contributed by atoms with E-state index in [-0.39, 0.29) is 68.6 Å². The molecule has 0 aliphatic heterocycles. The van der Waals surface area contributed by atoms with E-state index in [9.17, 15) is 0 Å². The van der Waals surface area contributed by atoms with Crippen LogP contribution in [0.15, 0.2) is 0 Å². The Kier molecular flexibility index (Phi) is 245. The van der Waals surface area contributed by atoms with Gasteiger partial charge in [0.05, 0.1) is 0 Å². The molecule has 0 saturated carbocycles. The van der Waals surface area contributed by atoms with Crippen molar-refractivity contribution >= 4 is 0 Å². The van der Waals surface area contributed by atoms with Crippen LogP contribution in [0, 0.1) is 21.3 Å². The fourth-order valence-corrected chi connectivity index (χ4v) is 0. The van der Waals surface area contributed by atoms with Gasteiger partial charge in [0.15, 0.2) is 0 Å². The molecule has 0 saturated heterocycles. The van der Waals surface area contributed by atoms with E-state index in [1.54, 1.807) is 0 Å². The average Bonchev–Trinajstić information content (AvgIpc) is 0.918. The standard InChI is InChI=1S/C3H7.2CH3.W.Y/c1-3-2;;;;/h3H,1-2H3;2*1H3;;/q3*-1;+2;. The van der Waals surface area contributed by atoms with Gasteiger partial charge in [-0.15, -0.1) is 0 Å². The van der Waals surface area contributed by atoms with Gasteiger partial charge in [-0.1, -0.05) is 0 Å². The number of hydrogen-bond acceptors (Lipinski definition) is 0. The predicted molar refractivity (Wildman–Crippen MR) is 28.5 cm³/mol. The van der Waals surface area contributed by atoms with E-state index in [1.165, 1.54) is 0 Å². The molecule has 0 aromatic heterocycles. The van der Waals surface area contributed by atoms with E-state index in [0.717, 1.165) is 0 Å². The van der Waals surface area contributed by atoms with Crippen molar-refractivity contribution in [3.63, 3.8) is 0 Å². The van der Waals surface area contributed by atoms with Crippen molar-refractivity contribution in [1.29, 1.82) is 0 Å². The van der Waals surface area contributed by atoms with Crippen molar-refractivity contribution in [2.45, 2.75) is 13.8 Å². The largest absolute Gasteiger partial charge is 2.00 e. The Morgan fingerprint density at radius 1 is 1.00 bits per heavy atom. The zero-order valence-corrected chi connectivity index (χ0v) is 11.3. The third kappa shape index (κ3) is 81.4. The van der Waals surface area contributed by atoms with Gasteiger partial charge in [0.25, 0.3) is 0 Å². The third-order valence-electron chi connectivity index (χ3n) is 0. The molecule has 0 nitrogen and oxygen atoms in total. The van der Waals surface area contributed by atoms with Crippen LogP contribution in [0.5, 0.6) is 0 Å². The predicted octanol–water partition coefficient (Wildman–Crippen LogP) is 2.13. The quantitative estimate of drug-likeness (QED) is 0.590. The van der Waals surface area contributed by atoms with Crippen LogP contribution in [0.1, 0.15) is 13.8 Å². The van der Waals surface area contributed by atoms with Crippen LogP contribution in [-0.4, -0.2) is 0 Å². The summed E-state index contributed by atoms with van der Waals surface area (Å²) in [4.78, 5) is 0. The molecule has 0 rings (SSSR count). The fraction of sp³-hybridized carbons (Fsp3) is 0.400. The molecule has 0 aliphatic rings. The molecule has 43 valence electrons. The van der Waals surface area contributed by atoms with E-state index in [0.29, 0.717) is 0 Å². The second kappa shape index (κ2) is 46.1. The topological polar surface area (TPSA) is 0 Å². The summed E-state index contributed by atoms with van der Waals surface area (Å²) in [5.41, 5.74) is 0. The Morgan fingerprint density at radius 3 is 1.00 bits per heavy atom. The maximum atomic E-state index is 2.00. The van der Waals surface area contributed by atoms with Crippen molar-refractivity contribution in [3.05, 3.63) is 21.3 Å². The Balaban J connectivity index is -0.00000000333. The molecule has 0 N–H and O–H groups in total. The van der Waals surface area contributed by atoms with E-state index in [2.05, 4.69) is 0 Å². The van der Waals surface area contributed by atoms with Crippen LogP contribution in [0.2, 0.25) is 0 Å². The SMILES string of the molecule is C[CH-]C.[CH3-].[CH3-].[W+2].[Y]. The van der Waals surface area contributed by atoms with Gasteiger partial charge in [0.2, 0.25) is 0 Å². The number of hydrogen-bond donors (Lipinski definition) is 0. The van der Waals surface area contributed by atoms with Gasteiger partial charge in [-0.25, -0.2) is 0 Å². The van der Waals surface area contributed by atoms with Crippen molar-refractivity contribution in [2.24, 2.45) is 0 Å². The van der Waals surface area contributed by atoms with Crippen LogP contribution in [-0.2, 0) is 53.8 Å². The Morgan fingerprint density at radius 2 is 1.00 bits per heavy atom. The summed E-state index contributed by atoms with van der Waals surface area (Å²) in [7, 11) is 0. The molecule has 0 spiro atoms. The molecule has 7 heavy (non-hydrogen) atoms. The molecule has 0 heterocycles. The summed E-state index contributed by atoms with van der Waals surface area (Å²) in [6.45, 7) is 4.00. The van der Waals surface area contributed by atoms with E-state index >= 15 is 0 Å². The van der Waals surface area contributed by atoms with Crippen LogP contribution >= 0.6 is 0 Å². The third-order valence-corrected chi connectivity index (χ3v) is 0. The summed E-state index contributed by atoms with van der Waals surface area (Å²) in [6.07, 6.45) is 2.00. The van der Waals surface area contributed by atoms with Crippen molar-refractivity contribution in [1.82, 2.24) is 0 Å². The molecule has 0 fully saturated rings. The molecule has 0 aromatic rings.